The Morgan fingerprint density at radius 3 is 2.07 bits per heavy atom. The van der Waals surface area contributed by atoms with Crippen LogP contribution in [-0.2, 0) is 14.2 Å². The Labute approximate surface area is 80.1 Å². The summed E-state index contributed by atoms with van der Waals surface area (Å²) in [4.78, 5) is 38.5. The molecular weight excluding hydrogens is 211 g/mol. The molecule has 0 radical (unpaired) electrons. The molecule has 1 fully saturated rings. The van der Waals surface area contributed by atoms with Crippen molar-refractivity contribution in [3.8, 4) is 0 Å². The molecule has 3 N–H and O–H groups in total. The number of ketones is 1. The largest absolute Gasteiger partial charge is 0.481 e. The van der Waals surface area contributed by atoms with Crippen LogP contribution in [0.1, 0.15) is 12.8 Å². The van der Waals surface area contributed by atoms with E-state index in [2.05, 4.69) is 0 Å². The van der Waals surface area contributed by atoms with Crippen molar-refractivity contribution in [2.45, 2.75) is 12.8 Å². The molecule has 0 saturated heterocycles. The van der Waals surface area contributed by atoms with E-state index < -0.39 is 37.3 Å². The van der Waals surface area contributed by atoms with E-state index in [1.54, 1.807) is 0 Å². The molecule has 6 nitrogen and oxygen atoms in total. The quantitative estimate of drug-likeness (QED) is 0.570. The van der Waals surface area contributed by atoms with Gasteiger partial charge in [0.05, 0.1) is 5.92 Å². The summed E-state index contributed by atoms with van der Waals surface area (Å²) in [5, 5.41) is 8.50. The molecule has 1 rings (SSSR count). The van der Waals surface area contributed by atoms with Crippen LogP contribution in [0.25, 0.3) is 0 Å². The number of aliphatic carboxylic acids is 1. The van der Waals surface area contributed by atoms with Gasteiger partial charge in [-0.2, -0.15) is 0 Å². The predicted octanol–water partition coefficient (Wildman–Crippen LogP) is -0.156. The van der Waals surface area contributed by atoms with E-state index in [1.807, 2.05) is 0 Å². The number of carbonyl (C=O) groups is 2. The van der Waals surface area contributed by atoms with Gasteiger partial charge in [-0.25, -0.2) is 0 Å². The van der Waals surface area contributed by atoms with Gasteiger partial charge in [-0.3, -0.25) is 14.2 Å². The van der Waals surface area contributed by atoms with Gasteiger partial charge < -0.3 is 14.9 Å². The predicted molar refractivity (Wildman–Crippen MR) is 45.8 cm³/mol. The van der Waals surface area contributed by atoms with Crippen molar-refractivity contribution in [2.75, 3.05) is 6.16 Å². The molecule has 80 valence electrons. The van der Waals surface area contributed by atoms with Gasteiger partial charge in [0.1, 0.15) is 11.9 Å². The zero-order valence-corrected chi connectivity index (χ0v) is 8.18. The molecule has 7 heteroatoms. The van der Waals surface area contributed by atoms with Gasteiger partial charge in [-0.05, 0) is 12.8 Å². The molecular formula is C7H11O6P. The average Bonchev–Trinajstić information content (AvgIpc) is 1.75. The molecule has 1 aliphatic rings. The minimum absolute atomic E-state index is 0.203. The Kier molecular flexibility index (Phi) is 3.09. The Hall–Kier alpha value is -0.710. The first-order valence-electron chi connectivity index (χ1n) is 4.09. The molecule has 0 unspecified atom stereocenters. The molecule has 1 saturated carbocycles. The molecule has 0 aliphatic heterocycles. The van der Waals surface area contributed by atoms with Crippen LogP contribution in [0.3, 0.4) is 0 Å². The van der Waals surface area contributed by atoms with E-state index in [0.29, 0.717) is 0 Å². The van der Waals surface area contributed by atoms with Crippen LogP contribution in [0, 0.1) is 11.8 Å². The summed E-state index contributed by atoms with van der Waals surface area (Å²) >= 11 is 0. The highest BCUT2D eigenvalue weighted by Gasteiger charge is 2.40. The van der Waals surface area contributed by atoms with Crippen LogP contribution in [0.2, 0.25) is 0 Å². The first-order valence-corrected chi connectivity index (χ1v) is 5.89. The van der Waals surface area contributed by atoms with Crippen molar-refractivity contribution in [2.24, 2.45) is 11.8 Å². The fourth-order valence-electron chi connectivity index (χ4n) is 1.41. The summed E-state index contributed by atoms with van der Waals surface area (Å²) in [6.45, 7) is 0. The Morgan fingerprint density at radius 1 is 1.21 bits per heavy atom. The monoisotopic (exact) mass is 222 g/mol. The lowest BCUT2D eigenvalue weighted by atomic mass is 9.73. The van der Waals surface area contributed by atoms with Gasteiger partial charge in [0, 0.05) is 5.92 Å². The average molecular weight is 222 g/mol. The SMILES string of the molecule is O=C(O)C1CC(C(=O)CP(=O)(O)O)C1. The number of Topliss-reactive ketones (excluding diaryl/α,β-unsaturated/α-hetero) is 1. The lowest BCUT2D eigenvalue weighted by Gasteiger charge is -2.30. The van der Waals surface area contributed by atoms with Crippen LogP contribution in [-0.4, -0.2) is 32.8 Å². The highest BCUT2D eigenvalue weighted by Crippen LogP contribution is 2.40. The van der Waals surface area contributed by atoms with Crippen molar-refractivity contribution in [3.05, 3.63) is 0 Å². The third-order valence-electron chi connectivity index (χ3n) is 2.30. The topological polar surface area (TPSA) is 112 Å². The zero-order valence-electron chi connectivity index (χ0n) is 7.29. The molecule has 1 aliphatic carbocycles. The van der Waals surface area contributed by atoms with Crippen LogP contribution in [0.4, 0.5) is 0 Å². The lowest BCUT2D eigenvalue weighted by Crippen LogP contribution is -2.36. The second kappa shape index (κ2) is 3.81. The summed E-state index contributed by atoms with van der Waals surface area (Å²) in [5.41, 5.74) is 0. The summed E-state index contributed by atoms with van der Waals surface area (Å²) in [7, 11) is -4.30. The number of carboxylic acids is 1. The van der Waals surface area contributed by atoms with Crippen molar-refractivity contribution in [1.82, 2.24) is 0 Å². The molecule has 0 bridgehead atoms. The highest BCUT2D eigenvalue weighted by molar-refractivity contribution is 7.52. The molecule has 0 aromatic rings. The maximum atomic E-state index is 11.1. The first-order chi connectivity index (χ1) is 6.29. The van der Waals surface area contributed by atoms with Crippen LogP contribution >= 0.6 is 7.60 Å². The summed E-state index contributed by atoms with van der Waals surface area (Å²) in [6, 6.07) is 0. The number of hydrogen-bond donors (Lipinski definition) is 3. The Morgan fingerprint density at radius 2 is 1.71 bits per heavy atom. The number of rotatable bonds is 4. The van der Waals surface area contributed by atoms with Gasteiger partial charge in [0.15, 0.2) is 0 Å². The molecule has 0 amide bonds. The molecule has 0 atom stereocenters. The fourth-order valence-corrected chi connectivity index (χ4v) is 2.08. The van der Waals surface area contributed by atoms with Crippen molar-refractivity contribution in [1.29, 1.82) is 0 Å². The van der Waals surface area contributed by atoms with Crippen LogP contribution in [0.15, 0.2) is 0 Å². The van der Waals surface area contributed by atoms with Crippen molar-refractivity contribution < 1.29 is 29.0 Å². The number of carbonyl (C=O) groups excluding carboxylic acids is 1. The van der Waals surface area contributed by atoms with Gasteiger partial charge in [0.2, 0.25) is 0 Å². The van der Waals surface area contributed by atoms with Gasteiger partial charge in [-0.1, -0.05) is 0 Å². The second-order valence-electron chi connectivity index (χ2n) is 3.49. The standard InChI is InChI=1S/C7H11O6P/c8-6(3-14(11,12)13)4-1-5(2-4)7(9)10/h4-5H,1-3H2,(H,9,10)(H2,11,12,13). The smallest absolute Gasteiger partial charge is 0.332 e. The van der Waals surface area contributed by atoms with Crippen molar-refractivity contribution in [3.63, 3.8) is 0 Å². The van der Waals surface area contributed by atoms with E-state index in [0.717, 1.165) is 0 Å². The maximum Gasteiger partial charge on any atom is 0.332 e. The van der Waals surface area contributed by atoms with Gasteiger partial charge >= 0.3 is 13.6 Å². The molecule has 0 spiro atoms. The normalized spacial score (nSPS) is 26.7. The maximum absolute atomic E-state index is 11.1. The third kappa shape index (κ3) is 2.90. The minimum atomic E-state index is -4.30. The number of carboxylic acid groups (broad SMARTS) is 1. The molecule has 0 aromatic heterocycles. The van der Waals surface area contributed by atoms with Crippen LogP contribution < -0.4 is 0 Å². The molecule has 14 heavy (non-hydrogen) atoms. The lowest BCUT2D eigenvalue weighted by molar-refractivity contribution is -0.147. The van der Waals surface area contributed by atoms with E-state index in [1.165, 1.54) is 0 Å². The summed E-state index contributed by atoms with van der Waals surface area (Å²) in [6.07, 6.45) is -0.369. The Balaban J connectivity index is 2.37. The number of hydrogen-bond acceptors (Lipinski definition) is 3. The van der Waals surface area contributed by atoms with Crippen LogP contribution in [0.5, 0.6) is 0 Å². The second-order valence-corrected chi connectivity index (χ2v) is 5.14. The van der Waals surface area contributed by atoms with Crippen molar-refractivity contribution >= 4 is 19.3 Å². The van der Waals surface area contributed by atoms with E-state index in [4.69, 9.17) is 14.9 Å². The fraction of sp³-hybridized carbons (Fsp3) is 0.714. The third-order valence-corrected chi connectivity index (χ3v) is 3.03. The summed E-state index contributed by atoms with van der Waals surface area (Å²) in [5.74, 6) is -2.49. The summed E-state index contributed by atoms with van der Waals surface area (Å²) < 4.78 is 10.5. The van der Waals surface area contributed by atoms with Gasteiger partial charge in [-0.15, -0.1) is 0 Å². The van der Waals surface area contributed by atoms with Gasteiger partial charge in [0.25, 0.3) is 0 Å². The van der Waals surface area contributed by atoms with E-state index in [9.17, 15) is 14.2 Å². The minimum Gasteiger partial charge on any atom is -0.481 e. The first kappa shape index (κ1) is 11.4. The highest BCUT2D eigenvalue weighted by atomic mass is 31.2. The van der Waals surface area contributed by atoms with E-state index in [-0.39, 0.29) is 12.8 Å². The molecule has 0 aromatic carbocycles. The van der Waals surface area contributed by atoms with E-state index >= 15 is 0 Å². The Bertz CT molecular complexity index is 299. The zero-order chi connectivity index (χ0) is 10.9. The molecule has 0 heterocycles.